The lowest BCUT2D eigenvalue weighted by Crippen LogP contribution is -2.31. The predicted octanol–water partition coefficient (Wildman–Crippen LogP) is 3.38. The van der Waals surface area contributed by atoms with Crippen molar-refractivity contribution in [2.24, 2.45) is 5.73 Å². The minimum absolute atomic E-state index is 0.237. The van der Waals surface area contributed by atoms with E-state index in [9.17, 15) is 0 Å². The van der Waals surface area contributed by atoms with Crippen LogP contribution in [0.25, 0.3) is 0 Å². The van der Waals surface area contributed by atoms with E-state index in [-0.39, 0.29) is 5.92 Å². The van der Waals surface area contributed by atoms with Crippen molar-refractivity contribution in [2.45, 2.75) is 19.8 Å². The maximum atomic E-state index is 6.21. The summed E-state index contributed by atoms with van der Waals surface area (Å²) >= 11 is 12.2. The highest BCUT2D eigenvalue weighted by Crippen LogP contribution is 2.27. The van der Waals surface area contributed by atoms with Crippen LogP contribution >= 0.6 is 23.2 Å². The van der Waals surface area contributed by atoms with Gasteiger partial charge in [0.2, 0.25) is 0 Å². The summed E-state index contributed by atoms with van der Waals surface area (Å²) in [5.74, 6) is 0.237. The van der Waals surface area contributed by atoms with Crippen molar-refractivity contribution in [3.05, 3.63) is 33.8 Å². The summed E-state index contributed by atoms with van der Waals surface area (Å²) in [6.45, 7) is 7.84. The zero-order valence-electron chi connectivity index (χ0n) is 10.4. The lowest BCUT2D eigenvalue weighted by Gasteiger charge is -2.25. The molecule has 96 valence electrons. The van der Waals surface area contributed by atoms with Gasteiger partial charge in [-0.25, -0.2) is 0 Å². The topological polar surface area (TPSA) is 29.3 Å². The molecule has 1 rings (SSSR count). The van der Waals surface area contributed by atoms with E-state index in [0.717, 1.165) is 30.2 Å². The van der Waals surface area contributed by atoms with Crippen LogP contribution in [0.3, 0.4) is 0 Å². The minimum Gasteiger partial charge on any atom is -0.330 e. The van der Waals surface area contributed by atoms with Crippen LogP contribution in [-0.4, -0.2) is 31.1 Å². The van der Waals surface area contributed by atoms with E-state index in [1.807, 2.05) is 12.1 Å². The molecule has 0 amide bonds. The molecule has 0 bridgehead atoms. The average molecular weight is 275 g/mol. The first-order valence-corrected chi connectivity index (χ1v) is 6.75. The molecule has 4 heteroatoms. The highest BCUT2D eigenvalue weighted by atomic mass is 35.5. The van der Waals surface area contributed by atoms with Gasteiger partial charge in [0.15, 0.2) is 0 Å². The Morgan fingerprint density at radius 1 is 1.24 bits per heavy atom. The quantitative estimate of drug-likeness (QED) is 0.862. The lowest BCUT2D eigenvalue weighted by molar-refractivity contribution is 0.284. The molecule has 0 aliphatic heterocycles. The van der Waals surface area contributed by atoms with Crippen molar-refractivity contribution < 1.29 is 0 Å². The molecule has 0 fully saturated rings. The van der Waals surface area contributed by atoms with Crippen molar-refractivity contribution in [3.63, 3.8) is 0 Å². The van der Waals surface area contributed by atoms with Gasteiger partial charge in [-0.05, 0) is 36.9 Å². The van der Waals surface area contributed by atoms with Gasteiger partial charge in [0.1, 0.15) is 0 Å². The first kappa shape index (κ1) is 14.8. The van der Waals surface area contributed by atoms with Crippen LogP contribution in [0.15, 0.2) is 18.2 Å². The number of benzene rings is 1. The molecule has 1 aromatic carbocycles. The summed E-state index contributed by atoms with van der Waals surface area (Å²) in [5, 5.41) is 1.46. The molecule has 0 spiro atoms. The number of hydrogen-bond donors (Lipinski definition) is 1. The number of rotatable bonds is 6. The van der Waals surface area contributed by atoms with Crippen molar-refractivity contribution in [1.29, 1.82) is 0 Å². The normalized spacial score (nSPS) is 13.1. The van der Waals surface area contributed by atoms with Crippen molar-refractivity contribution in [1.82, 2.24) is 4.90 Å². The minimum atomic E-state index is 0.237. The molecule has 0 heterocycles. The maximum absolute atomic E-state index is 6.21. The molecule has 1 aromatic rings. The Bertz CT molecular complexity index is 351. The van der Waals surface area contributed by atoms with E-state index in [0.29, 0.717) is 11.6 Å². The second-order valence-corrected chi connectivity index (χ2v) is 4.93. The van der Waals surface area contributed by atoms with Gasteiger partial charge in [0.05, 0.1) is 0 Å². The van der Waals surface area contributed by atoms with Gasteiger partial charge in [-0.3, -0.25) is 0 Å². The number of nitrogens with zero attached hydrogens (tertiary/aromatic N) is 1. The van der Waals surface area contributed by atoms with Crippen LogP contribution in [-0.2, 0) is 0 Å². The molecule has 1 unspecified atom stereocenters. The summed E-state index contributed by atoms with van der Waals surface area (Å²) in [6.07, 6.45) is 0. The van der Waals surface area contributed by atoms with Gasteiger partial charge < -0.3 is 10.6 Å². The van der Waals surface area contributed by atoms with Crippen LogP contribution in [0.2, 0.25) is 10.0 Å². The number of halogens is 2. The van der Waals surface area contributed by atoms with Gasteiger partial charge in [0.25, 0.3) is 0 Å². The SMILES string of the molecule is CCN(CC)CC(CN)c1cc(Cl)ccc1Cl. The fraction of sp³-hybridized carbons (Fsp3) is 0.538. The molecular weight excluding hydrogens is 255 g/mol. The van der Waals surface area contributed by atoms with E-state index in [1.165, 1.54) is 0 Å². The third kappa shape index (κ3) is 4.14. The van der Waals surface area contributed by atoms with Crippen LogP contribution in [0.1, 0.15) is 25.3 Å². The molecule has 2 N–H and O–H groups in total. The largest absolute Gasteiger partial charge is 0.330 e. The van der Waals surface area contributed by atoms with Crippen molar-refractivity contribution in [2.75, 3.05) is 26.2 Å². The molecular formula is C13H20Cl2N2. The predicted molar refractivity (Wildman–Crippen MR) is 76.0 cm³/mol. The second-order valence-electron chi connectivity index (χ2n) is 4.08. The third-order valence-electron chi connectivity index (χ3n) is 3.06. The third-order valence-corrected chi connectivity index (χ3v) is 3.63. The molecule has 0 aliphatic carbocycles. The summed E-state index contributed by atoms with van der Waals surface area (Å²) in [7, 11) is 0. The molecule has 0 saturated carbocycles. The average Bonchev–Trinajstić information content (AvgIpc) is 2.34. The molecule has 17 heavy (non-hydrogen) atoms. The standard InChI is InChI=1S/C13H20Cl2N2/c1-3-17(4-2)9-10(8-16)12-7-11(14)5-6-13(12)15/h5-7,10H,3-4,8-9,16H2,1-2H3. The van der Waals surface area contributed by atoms with Crippen LogP contribution < -0.4 is 5.73 Å². The summed E-state index contributed by atoms with van der Waals surface area (Å²) in [5.41, 5.74) is 6.90. The molecule has 0 radical (unpaired) electrons. The van der Waals surface area contributed by atoms with Gasteiger partial charge >= 0.3 is 0 Å². The highest BCUT2D eigenvalue weighted by Gasteiger charge is 2.16. The van der Waals surface area contributed by atoms with E-state index in [4.69, 9.17) is 28.9 Å². The van der Waals surface area contributed by atoms with Crippen LogP contribution in [0.5, 0.6) is 0 Å². The molecule has 2 nitrogen and oxygen atoms in total. The summed E-state index contributed by atoms with van der Waals surface area (Å²) in [6, 6.07) is 5.56. The van der Waals surface area contributed by atoms with Crippen LogP contribution in [0.4, 0.5) is 0 Å². The maximum Gasteiger partial charge on any atom is 0.0442 e. The number of likely N-dealkylation sites (N-methyl/N-ethyl adjacent to an activating group) is 1. The Morgan fingerprint density at radius 2 is 1.88 bits per heavy atom. The molecule has 1 atom stereocenters. The van der Waals surface area contributed by atoms with Crippen molar-refractivity contribution >= 4 is 23.2 Å². The molecule has 0 saturated heterocycles. The Labute approximate surface area is 114 Å². The van der Waals surface area contributed by atoms with E-state index >= 15 is 0 Å². The Hall–Kier alpha value is -0.280. The van der Waals surface area contributed by atoms with Crippen LogP contribution in [0, 0.1) is 0 Å². The Balaban J connectivity index is 2.89. The number of hydrogen-bond acceptors (Lipinski definition) is 2. The van der Waals surface area contributed by atoms with E-state index in [2.05, 4.69) is 18.7 Å². The zero-order valence-corrected chi connectivity index (χ0v) is 11.9. The highest BCUT2D eigenvalue weighted by molar-refractivity contribution is 6.33. The summed E-state index contributed by atoms with van der Waals surface area (Å²) in [4.78, 5) is 2.34. The fourth-order valence-corrected chi connectivity index (χ4v) is 2.37. The Kier molecular flexibility index (Phi) is 6.28. The zero-order chi connectivity index (χ0) is 12.8. The van der Waals surface area contributed by atoms with Gasteiger partial charge in [0, 0.05) is 29.1 Å². The van der Waals surface area contributed by atoms with Gasteiger partial charge in [-0.1, -0.05) is 37.0 Å². The van der Waals surface area contributed by atoms with Gasteiger partial charge in [-0.2, -0.15) is 0 Å². The second kappa shape index (κ2) is 7.22. The van der Waals surface area contributed by atoms with Crippen molar-refractivity contribution in [3.8, 4) is 0 Å². The fourth-order valence-electron chi connectivity index (χ4n) is 1.92. The first-order chi connectivity index (χ1) is 8.12. The lowest BCUT2D eigenvalue weighted by atomic mass is 9.98. The first-order valence-electron chi connectivity index (χ1n) is 5.99. The van der Waals surface area contributed by atoms with Gasteiger partial charge in [-0.15, -0.1) is 0 Å². The summed E-state index contributed by atoms with van der Waals surface area (Å²) < 4.78 is 0. The van der Waals surface area contributed by atoms with E-state index in [1.54, 1.807) is 6.07 Å². The van der Waals surface area contributed by atoms with E-state index < -0.39 is 0 Å². The molecule has 0 aromatic heterocycles. The molecule has 0 aliphatic rings. The number of nitrogens with two attached hydrogens (primary N) is 1. The smallest absolute Gasteiger partial charge is 0.0442 e. The monoisotopic (exact) mass is 274 g/mol. The Morgan fingerprint density at radius 3 is 2.41 bits per heavy atom.